The van der Waals surface area contributed by atoms with Crippen molar-refractivity contribution in [2.24, 2.45) is 5.41 Å². The number of para-hydroxylation sites is 1. The molecule has 0 aromatic heterocycles. The number of aliphatic hydroxyl groups is 1. The zero-order valence-electron chi connectivity index (χ0n) is 15.4. The van der Waals surface area contributed by atoms with E-state index in [2.05, 4.69) is 35.2 Å². The van der Waals surface area contributed by atoms with Crippen molar-refractivity contribution >= 4 is 0 Å². The Morgan fingerprint density at radius 1 is 1.00 bits per heavy atom. The smallest absolute Gasteiger partial charge is 0.124 e. The summed E-state index contributed by atoms with van der Waals surface area (Å²) in [7, 11) is 0. The number of likely N-dealkylation sites (tertiary alicyclic amines) is 1. The third-order valence-electron chi connectivity index (χ3n) is 6.15. The summed E-state index contributed by atoms with van der Waals surface area (Å²) in [6.45, 7) is 3.63. The molecule has 1 saturated carbocycles. The van der Waals surface area contributed by atoms with Gasteiger partial charge in [0.05, 0.1) is 6.10 Å². The Labute approximate surface area is 156 Å². The summed E-state index contributed by atoms with van der Waals surface area (Å²) in [6.07, 6.45) is 5.57. The van der Waals surface area contributed by atoms with Gasteiger partial charge in [0.15, 0.2) is 0 Å². The molecule has 1 saturated heterocycles. The average Bonchev–Trinajstić information content (AvgIpc) is 3.01. The molecule has 3 nitrogen and oxygen atoms in total. The number of hydrogen-bond acceptors (Lipinski definition) is 3. The molecule has 2 aromatic carbocycles. The van der Waals surface area contributed by atoms with Crippen molar-refractivity contribution in [3.8, 4) is 5.75 Å². The molecular formula is C23H29NO2. The van der Waals surface area contributed by atoms with Crippen LogP contribution in [-0.4, -0.2) is 29.2 Å². The fourth-order valence-electron chi connectivity index (χ4n) is 4.74. The van der Waals surface area contributed by atoms with E-state index in [1.807, 2.05) is 24.3 Å². The zero-order chi connectivity index (χ0) is 17.8. The predicted molar refractivity (Wildman–Crippen MR) is 104 cm³/mol. The molecule has 2 fully saturated rings. The molecule has 0 unspecified atom stereocenters. The highest BCUT2D eigenvalue weighted by Gasteiger charge is 2.44. The Bertz CT molecular complexity index is 717. The van der Waals surface area contributed by atoms with E-state index in [0.29, 0.717) is 6.61 Å². The summed E-state index contributed by atoms with van der Waals surface area (Å²) < 4.78 is 6.13. The summed E-state index contributed by atoms with van der Waals surface area (Å²) in [4.78, 5) is 2.52. The second-order valence-electron chi connectivity index (χ2n) is 7.97. The van der Waals surface area contributed by atoms with Crippen molar-refractivity contribution in [3.63, 3.8) is 0 Å². The largest absolute Gasteiger partial charge is 0.489 e. The summed E-state index contributed by atoms with van der Waals surface area (Å²) in [5.41, 5.74) is 2.57. The minimum Gasteiger partial charge on any atom is -0.489 e. The average molecular weight is 351 g/mol. The van der Waals surface area contributed by atoms with Crippen LogP contribution in [0.15, 0.2) is 54.6 Å². The lowest BCUT2D eigenvalue weighted by atomic mass is 9.76. The molecule has 2 aromatic rings. The maximum atomic E-state index is 10.5. The van der Waals surface area contributed by atoms with Crippen LogP contribution in [0.25, 0.3) is 0 Å². The highest BCUT2D eigenvalue weighted by molar-refractivity contribution is 5.33. The molecule has 1 aliphatic carbocycles. The van der Waals surface area contributed by atoms with Crippen LogP contribution < -0.4 is 4.74 Å². The number of ether oxygens (including phenoxy) is 1. The van der Waals surface area contributed by atoms with Crippen molar-refractivity contribution in [1.29, 1.82) is 0 Å². The number of nitrogens with zero attached hydrogens (tertiary/aromatic N) is 1. The second kappa shape index (κ2) is 7.81. The third kappa shape index (κ3) is 3.79. The third-order valence-corrected chi connectivity index (χ3v) is 6.15. The Morgan fingerprint density at radius 2 is 1.77 bits per heavy atom. The molecule has 4 rings (SSSR count). The molecule has 3 heteroatoms. The van der Waals surface area contributed by atoms with Crippen LogP contribution in [0.1, 0.15) is 43.2 Å². The molecule has 0 amide bonds. The summed E-state index contributed by atoms with van der Waals surface area (Å²) in [5, 5.41) is 10.5. The maximum Gasteiger partial charge on any atom is 0.124 e. The molecule has 1 spiro atoms. The Kier molecular flexibility index (Phi) is 5.28. The fraction of sp³-hybridized carbons (Fsp3) is 0.478. The number of benzene rings is 2. The SMILES string of the molecule is O[C@@H]1CCC[C@@]12CCCN(Cc1ccccc1OCc1ccccc1)C2. The van der Waals surface area contributed by atoms with Crippen LogP contribution >= 0.6 is 0 Å². The molecule has 2 atom stereocenters. The van der Waals surface area contributed by atoms with E-state index < -0.39 is 0 Å². The molecule has 138 valence electrons. The van der Waals surface area contributed by atoms with Gasteiger partial charge < -0.3 is 9.84 Å². The minimum absolute atomic E-state index is 0.116. The highest BCUT2D eigenvalue weighted by Crippen LogP contribution is 2.45. The lowest BCUT2D eigenvalue weighted by Gasteiger charge is -2.42. The molecule has 2 aliphatic rings. The normalized spacial score (nSPS) is 26.3. The maximum absolute atomic E-state index is 10.5. The van der Waals surface area contributed by atoms with Crippen LogP contribution in [0.5, 0.6) is 5.75 Å². The number of hydrogen-bond donors (Lipinski definition) is 1. The first-order chi connectivity index (χ1) is 12.8. The van der Waals surface area contributed by atoms with Crippen LogP contribution in [0.4, 0.5) is 0 Å². The van der Waals surface area contributed by atoms with Crippen LogP contribution in [0, 0.1) is 5.41 Å². The van der Waals surface area contributed by atoms with E-state index in [4.69, 9.17) is 4.74 Å². The van der Waals surface area contributed by atoms with Gasteiger partial charge in [-0.25, -0.2) is 0 Å². The number of piperidine rings is 1. The van der Waals surface area contributed by atoms with E-state index in [9.17, 15) is 5.11 Å². The first-order valence-electron chi connectivity index (χ1n) is 9.90. The fourth-order valence-corrected chi connectivity index (χ4v) is 4.74. The lowest BCUT2D eigenvalue weighted by molar-refractivity contribution is -0.0122. The van der Waals surface area contributed by atoms with Crippen molar-refractivity contribution in [3.05, 3.63) is 65.7 Å². The van der Waals surface area contributed by atoms with Gasteiger partial charge >= 0.3 is 0 Å². The van der Waals surface area contributed by atoms with E-state index in [0.717, 1.165) is 31.8 Å². The summed E-state index contributed by atoms with van der Waals surface area (Å²) in [5.74, 6) is 0.975. The van der Waals surface area contributed by atoms with Crippen molar-refractivity contribution in [2.75, 3.05) is 13.1 Å². The van der Waals surface area contributed by atoms with Gasteiger partial charge in [0, 0.05) is 24.1 Å². The van der Waals surface area contributed by atoms with Gasteiger partial charge in [0.2, 0.25) is 0 Å². The van der Waals surface area contributed by atoms with Crippen LogP contribution in [0.2, 0.25) is 0 Å². The number of aliphatic hydroxyl groups excluding tert-OH is 1. The minimum atomic E-state index is -0.116. The zero-order valence-corrected chi connectivity index (χ0v) is 15.4. The summed E-state index contributed by atoms with van der Waals surface area (Å²) >= 11 is 0. The summed E-state index contributed by atoms with van der Waals surface area (Å²) in [6, 6.07) is 18.7. The van der Waals surface area contributed by atoms with Crippen molar-refractivity contribution < 1.29 is 9.84 Å². The van der Waals surface area contributed by atoms with E-state index >= 15 is 0 Å². The Balaban J connectivity index is 1.43. The second-order valence-corrected chi connectivity index (χ2v) is 7.97. The highest BCUT2D eigenvalue weighted by atomic mass is 16.5. The molecule has 0 radical (unpaired) electrons. The van der Waals surface area contributed by atoms with Gasteiger partial charge in [0.25, 0.3) is 0 Å². The first kappa shape index (κ1) is 17.6. The molecule has 1 N–H and O–H groups in total. The van der Waals surface area contributed by atoms with Crippen molar-refractivity contribution in [1.82, 2.24) is 4.90 Å². The monoisotopic (exact) mass is 351 g/mol. The molecule has 26 heavy (non-hydrogen) atoms. The van der Waals surface area contributed by atoms with Crippen LogP contribution in [-0.2, 0) is 13.2 Å². The quantitative estimate of drug-likeness (QED) is 0.867. The van der Waals surface area contributed by atoms with Gasteiger partial charge in [-0.2, -0.15) is 0 Å². The topological polar surface area (TPSA) is 32.7 Å². The van der Waals surface area contributed by atoms with Gasteiger partial charge in [-0.3, -0.25) is 4.90 Å². The molecular weight excluding hydrogens is 322 g/mol. The first-order valence-corrected chi connectivity index (χ1v) is 9.90. The molecule has 1 aliphatic heterocycles. The Hall–Kier alpha value is -1.84. The molecule has 1 heterocycles. The van der Waals surface area contributed by atoms with Gasteiger partial charge in [-0.05, 0) is 43.9 Å². The number of rotatable bonds is 5. The van der Waals surface area contributed by atoms with Gasteiger partial charge in [-0.1, -0.05) is 55.0 Å². The van der Waals surface area contributed by atoms with E-state index in [-0.39, 0.29) is 11.5 Å². The van der Waals surface area contributed by atoms with Gasteiger partial charge in [0.1, 0.15) is 12.4 Å². The van der Waals surface area contributed by atoms with Gasteiger partial charge in [-0.15, -0.1) is 0 Å². The van der Waals surface area contributed by atoms with Crippen LogP contribution in [0.3, 0.4) is 0 Å². The predicted octanol–water partition coefficient (Wildman–Crippen LogP) is 4.39. The standard InChI is InChI=1S/C23H29NO2/c25-22-12-6-13-23(22)14-7-15-24(18-23)16-20-10-4-5-11-21(20)26-17-19-8-2-1-3-9-19/h1-5,8-11,22,25H,6-7,12-18H2/t22-,23+/m1/s1. The Morgan fingerprint density at radius 3 is 2.58 bits per heavy atom. The van der Waals surface area contributed by atoms with E-state index in [1.54, 1.807) is 0 Å². The van der Waals surface area contributed by atoms with E-state index in [1.165, 1.54) is 36.8 Å². The molecule has 0 bridgehead atoms. The lowest BCUT2D eigenvalue weighted by Crippen LogP contribution is -2.46. The van der Waals surface area contributed by atoms with Crippen molar-refractivity contribution in [2.45, 2.75) is 51.4 Å².